The molecule has 3 amide bonds. The van der Waals surface area contributed by atoms with Gasteiger partial charge in [0.25, 0.3) is 0 Å². The molecule has 0 radical (unpaired) electrons. The normalized spacial score (nSPS) is 20.5. The van der Waals surface area contributed by atoms with Gasteiger partial charge in [-0.2, -0.15) is 0 Å². The van der Waals surface area contributed by atoms with Crippen LogP contribution in [-0.4, -0.2) is 84.3 Å². The molecule has 0 aromatic heterocycles. The Kier molecular flexibility index (Phi) is 5.16. The van der Waals surface area contributed by atoms with Gasteiger partial charge in [0.05, 0.1) is 0 Å². The van der Waals surface area contributed by atoms with Crippen LogP contribution < -0.4 is 5.32 Å². The van der Waals surface area contributed by atoms with E-state index in [1.54, 1.807) is 4.90 Å². The summed E-state index contributed by atoms with van der Waals surface area (Å²) in [4.78, 5) is 29.6. The van der Waals surface area contributed by atoms with Gasteiger partial charge in [-0.25, -0.2) is 9.59 Å². The molecule has 22 heavy (non-hydrogen) atoms. The van der Waals surface area contributed by atoms with Crippen molar-refractivity contribution in [2.45, 2.75) is 39.3 Å². The lowest BCUT2D eigenvalue weighted by Crippen LogP contribution is -2.65. The van der Waals surface area contributed by atoms with Gasteiger partial charge in [-0.3, -0.25) is 4.90 Å². The molecule has 0 saturated carbocycles. The quantitative estimate of drug-likeness (QED) is 0.824. The molecule has 0 bridgehead atoms. The van der Waals surface area contributed by atoms with Crippen molar-refractivity contribution in [2.75, 3.05) is 45.8 Å². The number of ether oxygens (including phenoxy) is 1. The van der Waals surface area contributed by atoms with Crippen LogP contribution in [0, 0.1) is 0 Å². The number of nitrogens with zero attached hydrogens (tertiary/aromatic N) is 3. The molecule has 0 aromatic carbocycles. The maximum absolute atomic E-state index is 12.0. The Bertz CT molecular complexity index is 408. The number of rotatable bonds is 2. The molecule has 126 valence electrons. The molecular weight excluding hydrogens is 284 g/mol. The smallest absolute Gasteiger partial charge is 0.410 e. The number of amides is 3. The average molecular weight is 312 g/mol. The summed E-state index contributed by atoms with van der Waals surface area (Å²) in [6, 6.07) is 0.439. The van der Waals surface area contributed by atoms with Crippen LogP contribution in [0.25, 0.3) is 0 Å². The summed E-state index contributed by atoms with van der Waals surface area (Å²) >= 11 is 0. The van der Waals surface area contributed by atoms with Crippen molar-refractivity contribution in [2.24, 2.45) is 0 Å². The Morgan fingerprint density at radius 2 is 1.68 bits per heavy atom. The van der Waals surface area contributed by atoms with Crippen LogP contribution in [0.5, 0.6) is 0 Å². The van der Waals surface area contributed by atoms with Crippen molar-refractivity contribution in [3.8, 4) is 0 Å². The minimum absolute atomic E-state index is 0.0196. The first-order valence-corrected chi connectivity index (χ1v) is 8.05. The van der Waals surface area contributed by atoms with E-state index in [9.17, 15) is 9.59 Å². The summed E-state index contributed by atoms with van der Waals surface area (Å²) in [5, 5.41) is 2.81. The highest BCUT2D eigenvalue weighted by Crippen LogP contribution is 2.18. The maximum Gasteiger partial charge on any atom is 0.410 e. The summed E-state index contributed by atoms with van der Waals surface area (Å²) in [6.45, 7) is 12.8. The third kappa shape index (κ3) is 4.25. The van der Waals surface area contributed by atoms with Crippen LogP contribution in [0.3, 0.4) is 0 Å². The van der Waals surface area contributed by atoms with Gasteiger partial charge in [-0.05, 0) is 27.7 Å². The molecule has 7 nitrogen and oxygen atoms in total. The summed E-state index contributed by atoms with van der Waals surface area (Å²) in [6.07, 6.45) is -0.232. The van der Waals surface area contributed by atoms with Gasteiger partial charge in [-0.15, -0.1) is 0 Å². The Labute approximate surface area is 132 Å². The molecule has 1 N–H and O–H groups in total. The number of carbonyl (C=O) groups is 2. The fraction of sp³-hybridized carbons (Fsp3) is 0.867. The monoisotopic (exact) mass is 312 g/mol. The lowest BCUT2D eigenvalue weighted by molar-refractivity contribution is -0.00386. The Balaban J connectivity index is 1.70. The SMILES string of the molecule is CCNC(=O)N1CC(N2CCN(C(=O)OC(C)(C)C)CC2)C1. The van der Waals surface area contributed by atoms with Crippen LogP contribution in [0.2, 0.25) is 0 Å². The number of nitrogens with one attached hydrogen (secondary N) is 1. The van der Waals surface area contributed by atoms with Gasteiger partial charge < -0.3 is 19.9 Å². The lowest BCUT2D eigenvalue weighted by atomic mass is 10.1. The Morgan fingerprint density at radius 3 is 2.18 bits per heavy atom. The molecule has 0 atom stereocenters. The average Bonchev–Trinajstić information content (AvgIpc) is 2.36. The number of likely N-dealkylation sites (tertiary alicyclic amines) is 1. The van der Waals surface area contributed by atoms with Crippen LogP contribution in [-0.2, 0) is 4.74 Å². The van der Waals surface area contributed by atoms with E-state index in [4.69, 9.17) is 4.74 Å². The predicted molar refractivity (Wildman–Crippen MR) is 83.8 cm³/mol. The van der Waals surface area contributed by atoms with E-state index in [-0.39, 0.29) is 12.1 Å². The fourth-order valence-electron chi connectivity index (χ4n) is 2.71. The van der Waals surface area contributed by atoms with Crippen molar-refractivity contribution in [1.82, 2.24) is 20.0 Å². The molecule has 0 unspecified atom stereocenters. The Morgan fingerprint density at radius 1 is 1.09 bits per heavy atom. The molecule has 0 aromatic rings. The molecular formula is C15H28N4O3. The van der Waals surface area contributed by atoms with Crippen molar-refractivity contribution in [1.29, 1.82) is 0 Å². The van der Waals surface area contributed by atoms with E-state index in [1.807, 2.05) is 32.6 Å². The van der Waals surface area contributed by atoms with E-state index in [2.05, 4.69) is 10.2 Å². The van der Waals surface area contributed by atoms with Crippen LogP contribution in [0.4, 0.5) is 9.59 Å². The van der Waals surface area contributed by atoms with E-state index in [0.717, 1.165) is 26.2 Å². The van der Waals surface area contributed by atoms with Crippen LogP contribution in [0.15, 0.2) is 0 Å². The highest BCUT2D eigenvalue weighted by molar-refractivity contribution is 5.75. The molecule has 2 heterocycles. The van der Waals surface area contributed by atoms with Gasteiger partial charge in [0, 0.05) is 51.9 Å². The van der Waals surface area contributed by atoms with Gasteiger partial charge >= 0.3 is 12.1 Å². The van der Waals surface area contributed by atoms with E-state index < -0.39 is 5.60 Å². The first kappa shape index (κ1) is 16.9. The highest BCUT2D eigenvalue weighted by Gasteiger charge is 2.36. The second-order valence-electron chi connectivity index (χ2n) is 6.90. The van der Waals surface area contributed by atoms with Crippen molar-refractivity contribution >= 4 is 12.1 Å². The molecule has 0 spiro atoms. The second-order valence-corrected chi connectivity index (χ2v) is 6.90. The third-order valence-corrected chi connectivity index (χ3v) is 3.96. The zero-order valence-corrected chi connectivity index (χ0v) is 14.1. The molecule has 0 aliphatic carbocycles. The number of urea groups is 1. The minimum Gasteiger partial charge on any atom is -0.444 e. The topological polar surface area (TPSA) is 65.1 Å². The van der Waals surface area contributed by atoms with Gasteiger partial charge in [0.15, 0.2) is 0 Å². The number of carbonyl (C=O) groups excluding carboxylic acids is 2. The summed E-state index contributed by atoms with van der Waals surface area (Å²) in [5.41, 5.74) is -0.449. The largest absolute Gasteiger partial charge is 0.444 e. The number of hydrogen-bond acceptors (Lipinski definition) is 4. The molecule has 2 saturated heterocycles. The summed E-state index contributed by atoms with van der Waals surface area (Å²) < 4.78 is 5.40. The number of hydrogen-bond donors (Lipinski definition) is 1. The lowest BCUT2D eigenvalue weighted by Gasteiger charge is -2.47. The predicted octanol–water partition coefficient (Wildman–Crippen LogP) is 0.953. The van der Waals surface area contributed by atoms with Crippen LogP contribution >= 0.6 is 0 Å². The molecule has 2 fully saturated rings. The molecule has 2 rings (SSSR count). The standard InChI is InChI=1S/C15H28N4O3/c1-5-16-13(20)19-10-12(11-19)17-6-8-18(9-7-17)14(21)22-15(2,3)4/h12H,5-11H2,1-4H3,(H,16,20). The van der Waals surface area contributed by atoms with Crippen LogP contribution in [0.1, 0.15) is 27.7 Å². The van der Waals surface area contributed by atoms with Gasteiger partial charge in [0.1, 0.15) is 5.60 Å². The fourth-order valence-corrected chi connectivity index (χ4v) is 2.71. The summed E-state index contributed by atoms with van der Waals surface area (Å²) in [5.74, 6) is 0. The Hall–Kier alpha value is -1.50. The van der Waals surface area contributed by atoms with E-state index in [1.165, 1.54) is 0 Å². The number of piperazine rings is 1. The van der Waals surface area contributed by atoms with E-state index >= 15 is 0 Å². The first-order valence-electron chi connectivity index (χ1n) is 8.05. The third-order valence-electron chi connectivity index (χ3n) is 3.96. The van der Waals surface area contributed by atoms with E-state index in [0.29, 0.717) is 25.7 Å². The zero-order valence-electron chi connectivity index (χ0n) is 14.1. The molecule has 2 aliphatic rings. The summed E-state index contributed by atoms with van der Waals surface area (Å²) in [7, 11) is 0. The molecule has 7 heteroatoms. The minimum atomic E-state index is -0.449. The van der Waals surface area contributed by atoms with Crippen molar-refractivity contribution < 1.29 is 14.3 Å². The van der Waals surface area contributed by atoms with Crippen molar-refractivity contribution in [3.05, 3.63) is 0 Å². The van der Waals surface area contributed by atoms with Gasteiger partial charge in [0.2, 0.25) is 0 Å². The maximum atomic E-state index is 12.0. The first-order chi connectivity index (χ1) is 10.3. The van der Waals surface area contributed by atoms with Gasteiger partial charge in [-0.1, -0.05) is 0 Å². The second kappa shape index (κ2) is 6.73. The zero-order chi connectivity index (χ0) is 16.3. The highest BCUT2D eigenvalue weighted by atomic mass is 16.6. The van der Waals surface area contributed by atoms with Crippen molar-refractivity contribution in [3.63, 3.8) is 0 Å². The molecule has 2 aliphatic heterocycles.